The molecule has 0 bridgehead atoms. The fourth-order valence-corrected chi connectivity index (χ4v) is 7.65. The van der Waals surface area contributed by atoms with Crippen molar-refractivity contribution in [2.45, 2.75) is 123 Å². The Kier molecular flexibility index (Phi) is 13.1. The van der Waals surface area contributed by atoms with Crippen molar-refractivity contribution < 1.29 is 33.9 Å². The Morgan fingerprint density at radius 1 is 0.940 bits per heavy atom. The molecule has 0 unspecified atom stereocenters. The number of aryl methyl sites for hydroxylation is 2. The van der Waals surface area contributed by atoms with Gasteiger partial charge in [-0.15, -0.1) is 0 Å². The molecule has 12 heteroatoms. The average Bonchev–Trinajstić information content (AvgIpc) is 3.79. The van der Waals surface area contributed by atoms with Gasteiger partial charge in [-0.05, 0) is 92.4 Å². The summed E-state index contributed by atoms with van der Waals surface area (Å²) in [5.74, 6) is -1.59. The number of carbonyl (C=O) groups is 5. The van der Waals surface area contributed by atoms with Crippen molar-refractivity contribution in [2.24, 2.45) is 28.3 Å². The Balaban J connectivity index is 1.61. The fourth-order valence-electron chi connectivity index (χ4n) is 7.65. The van der Waals surface area contributed by atoms with E-state index in [1.807, 2.05) is 46.8 Å². The van der Waals surface area contributed by atoms with Gasteiger partial charge in [0.15, 0.2) is 0 Å². The summed E-state index contributed by atoms with van der Waals surface area (Å²) in [6, 6.07) is 0.881. The van der Waals surface area contributed by atoms with E-state index in [9.17, 15) is 29.2 Å². The van der Waals surface area contributed by atoms with Crippen LogP contribution in [0.3, 0.4) is 0 Å². The largest absolute Gasteiger partial charge is 0.496 e. The topological polar surface area (TPSA) is 166 Å². The molecular weight excluding hydrogens is 638 g/mol. The number of ketones is 1. The first kappa shape index (κ1) is 38.8. The molecule has 276 valence electrons. The van der Waals surface area contributed by atoms with Gasteiger partial charge in [-0.1, -0.05) is 58.0 Å². The number of oxime groups is 1. The van der Waals surface area contributed by atoms with Gasteiger partial charge in [-0.3, -0.25) is 24.0 Å². The molecule has 1 heterocycles. The molecule has 0 aromatic heterocycles. The van der Waals surface area contributed by atoms with Crippen LogP contribution < -0.4 is 20.7 Å². The summed E-state index contributed by atoms with van der Waals surface area (Å²) in [6.45, 7) is 9.65. The number of Topliss-reactive ketones (excluding diaryl/α,β-unsaturated/α-hetero) is 1. The van der Waals surface area contributed by atoms with Gasteiger partial charge < -0.3 is 30.8 Å². The Morgan fingerprint density at radius 2 is 1.58 bits per heavy atom. The lowest BCUT2D eigenvalue weighted by Crippen LogP contribution is -2.59. The minimum absolute atomic E-state index is 0.172. The van der Waals surface area contributed by atoms with Gasteiger partial charge in [-0.2, -0.15) is 0 Å². The monoisotopic (exact) mass is 695 g/mol. The highest BCUT2D eigenvalue weighted by atomic mass is 16.5. The van der Waals surface area contributed by atoms with Crippen LogP contribution in [-0.2, 0) is 24.0 Å². The second-order valence-electron chi connectivity index (χ2n) is 15.8. The van der Waals surface area contributed by atoms with Gasteiger partial charge in [0.25, 0.3) is 5.91 Å². The van der Waals surface area contributed by atoms with Crippen LogP contribution in [0, 0.1) is 37.0 Å². The fraction of sp³-hybridized carbons (Fsp3) is 0.684. The van der Waals surface area contributed by atoms with Crippen LogP contribution in [0.5, 0.6) is 5.75 Å². The minimum Gasteiger partial charge on any atom is -0.496 e. The number of hydrogen-bond acceptors (Lipinski definition) is 8. The number of likely N-dealkylation sites (tertiary alicyclic amines) is 1. The summed E-state index contributed by atoms with van der Waals surface area (Å²) in [4.78, 5) is 68.9. The minimum atomic E-state index is -1.01. The molecule has 1 aromatic carbocycles. The standard InChI is InChI=1S/C38H57N5O7/c1-22-15-27(16-23(2)33(22)50-7)28(42-49)18-26-19-30(35(46)40-29(17-25-13-14-25)32(45)36(47)39-6)43(21-26)37(48)34(38(3,4)5)41-31(44)20-24-11-9-8-10-12-24/h15-16,24-26,29-30,34,49H,8-14,17-21H2,1-7H3,(H,39,47)(H,40,46)(H,41,44)/b42-28+/t26-,29-,30-,34+/m0/s1. The second kappa shape index (κ2) is 16.8. The first-order valence-electron chi connectivity index (χ1n) is 18.2. The van der Waals surface area contributed by atoms with Crippen LogP contribution in [0.2, 0.25) is 0 Å². The summed E-state index contributed by atoms with van der Waals surface area (Å²) < 4.78 is 5.51. The first-order valence-corrected chi connectivity index (χ1v) is 18.2. The molecule has 3 fully saturated rings. The highest BCUT2D eigenvalue weighted by Gasteiger charge is 2.46. The van der Waals surface area contributed by atoms with E-state index < -0.39 is 41.1 Å². The number of nitrogens with zero attached hydrogens (tertiary/aromatic N) is 2. The Morgan fingerprint density at radius 3 is 2.12 bits per heavy atom. The highest BCUT2D eigenvalue weighted by molar-refractivity contribution is 6.38. The summed E-state index contributed by atoms with van der Waals surface area (Å²) in [7, 11) is 2.98. The third kappa shape index (κ3) is 9.84. The van der Waals surface area contributed by atoms with Gasteiger partial charge in [-0.25, -0.2) is 0 Å². The van der Waals surface area contributed by atoms with Gasteiger partial charge in [0.2, 0.25) is 23.5 Å². The lowest BCUT2D eigenvalue weighted by molar-refractivity contribution is -0.145. The smallest absolute Gasteiger partial charge is 0.289 e. The van der Waals surface area contributed by atoms with E-state index >= 15 is 0 Å². The molecule has 4 amide bonds. The predicted molar refractivity (Wildman–Crippen MR) is 190 cm³/mol. The van der Waals surface area contributed by atoms with Crippen molar-refractivity contribution in [3.8, 4) is 5.75 Å². The van der Waals surface area contributed by atoms with E-state index in [0.717, 1.165) is 55.4 Å². The molecule has 0 radical (unpaired) electrons. The van der Waals surface area contributed by atoms with E-state index in [1.165, 1.54) is 18.4 Å². The molecule has 1 aliphatic heterocycles. The normalized spacial score (nSPS) is 21.3. The van der Waals surface area contributed by atoms with Crippen molar-refractivity contribution in [2.75, 3.05) is 20.7 Å². The average molecular weight is 696 g/mol. The Bertz CT molecular complexity index is 1430. The molecule has 2 saturated carbocycles. The van der Waals surface area contributed by atoms with Gasteiger partial charge in [0.1, 0.15) is 17.8 Å². The molecule has 1 saturated heterocycles. The van der Waals surface area contributed by atoms with Crippen molar-refractivity contribution >= 4 is 35.1 Å². The third-order valence-corrected chi connectivity index (χ3v) is 10.5. The van der Waals surface area contributed by atoms with Gasteiger partial charge >= 0.3 is 0 Å². The number of benzene rings is 1. The van der Waals surface area contributed by atoms with Crippen molar-refractivity contribution in [3.05, 3.63) is 28.8 Å². The van der Waals surface area contributed by atoms with Gasteiger partial charge in [0.05, 0.1) is 18.9 Å². The summed E-state index contributed by atoms with van der Waals surface area (Å²) in [5.41, 5.74) is 2.20. The molecule has 4 rings (SSSR count). The number of carbonyl (C=O) groups excluding carboxylic acids is 5. The van der Waals surface area contributed by atoms with E-state index in [2.05, 4.69) is 21.1 Å². The van der Waals surface area contributed by atoms with E-state index in [4.69, 9.17) is 4.74 Å². The number of nitrogens with one attached hydrogen (secondary N) is 3. The molecule has 4 N–H and O–H groups in total. The zero-order chi connectivity index (χ0) is 36.7. The number of methoxy groups -OCH3 is 1. The van der Waals surface area contributed by atoms with E-state index in [1.54, 1.807) is 7.11 Å². The van der Waals surface area contributed by atoms with Crippen LogP contribution in [0.4, 0.5) is 0 Å². The summed E-state index contributed by atoms with van der Waals surface area (Å²) in [6.07, 6.45) is 8.43. The lowest BCUT2D eigenvalue weighted by Gasteiger charge is -2.36. The van der Waals surface area contributed by atoms with Crippen LogP contribution in [-0.4, -0.2) is 84.1 Å². The number of likely N-dealkylation sites (N-methyl/N-ethyl adjacent to an activating group) is 1. The van der Waals surface area contributed by atoms with Crippen LogP contribution in [0.25, 0.3) is 0 Å². The Labute approximate surface area is 296 Å². The van der Waals surface area contributed by atoms with Crippen LogP contribution in [0.1, 0.15) is 108 Å². The van der Waals surface area contributed by atoms with Crippen molar-refractivity contribution in [1.82, 2.24) is 20.9 Å². The van der Waals surface area contributed by atoms with Crippen LogP contribution in [0.15, 0.2) is 17.3 Å². The maximum atomic E-state index is 14.5. The number of hydrogen-bond donors (Lipinski definition) is 4. The first-order chi connectivity index (χ1) is 23.7. The molecule has 1 aromatic rings. The van der Waals surface area contributed by atoms with E-state index in [-0.39, 0.29) is 49.0 Å². The van der Waals surface area contributed by atoms with Crippen LogP contribution >= 0.6 is 0 Å². The lowest BCUT2D eigenvalue weighted by atomic mass is 9.84. The zero-order valence-corrected chi connectivity index (χ0v) is 30.9. The molecule has 3 aliphatic rings. The Hall–Kier alpha value is -3.96. The predicted octanol–water partition coefficient (Wildman–Crippen LogP) is 4.20. The zero-order valence-electron chi connectivity index (χ0n) is 30.9. The summed E-state index contributed by atoms with van der Waals surface area (Å²) in [5, 5.41) is 22.0. The molecule has 12 nitrogen and oxygen atoms in total. The molecule has 4 atom stereocenters. The molecule has 2 aliphatic carbocycles. The highest BCUT2D eigenvalue weighted by Crippen LogP contribution is 2.35. The molecule has 50 heavy (non-hydrogen) atoms. The number of rotatable bonds is 14. The maximum Gasteiger partial charge on any atom is 0.289 e. The third-order valence-electron chi connectivity index (χ3n) is 10.5. The van der Waals surface area contributed by atoms with Gasteiger partial charge in [0, 0.05) is 25.6 Å². The molecular formula is C38H57N5O7. The molecule has 0 spiro atoms. The SMILES string of the molecule is CNC(=O)C(=O)[C@H](CC1CC1)NC(=O)[C@@H]1C[C@H](C/C(=N\O)c2cc(C)c(OC)c(C)c2)CN1C(=O)[C@@H](NC(=O)CC1CCCCC1)C(C)(C)C. The van der Waals surface area contributed by atoms with E-state index in [0.29, 0.717) is 24.1 Å². The quantitative estimate of drug-likeness (QED) is 0.0980. The van der Waals surface area contributed by atoms with Crippen molar-refractivity contribution in [1.29, 1.82) is 0 Å². The van der Waals surface area contributed by atoms with Crippen molar-refractivity contribution in [3.63, 3.8) is 0 Å². The number of amides is 4. The number of ether oxygens (including phenoxy) is 1. The second-order valence-corrected chi connectivity index (χ2v) is 15.8. The summed E-state index contributed by atoms with van der Waals surface area (Å²) >= 11 is 0. The maximum absolute atomic E-state index is 14.5.